The summed E-state index contributed by atoms with van der Waals surface area (Å²) in [4.78, 5) is 6.73. The van der Waals surface area contributed by atoms with Gasteiger partial charge in [-0.25, -0.2) is 9.97 Å². The molecule has 0 spiro atoms. The van der Waals surface area contributed by atoms with Crippen LogP contribution in [0, 0.1) is 12.3 Å². The summed E-state index contributed by atoms with van der Waals surface area (Å²) < 4.78 is 37.3. The molecule has 0 aliphatic rings. The number of nitrogens with one attached hydrogen (secondary N) is 1. The normalized spacial score (nSPS) is 12.1. The quantitative estimate of drug-likeness (QED) is 0.658. The van der Waals surface area contributed by atoms with Gasteiger partial charge in [0.2, 0.25) is 5.28 Å². The Bertz CT molecular complexity index is 463. The summed E-state index contributed by atoms with van der Waals surface area (Å²) in [6.07, 6.45) is 0.625. The van der Waals surface area contributed by atoms with Gasteiger partial charge in [0.15, 0.2) is 5.69 Å². The van der Waals surface area contributed by atoms with E-state index < -0.39 is 22.7 Å². The number of rotatable bonds is 2. The highest BCUT2D eigenvalue weighted by molar-refractivity contribution is 6.28. The molecule has 1 aromatic heterocycles. The lowest BCUT2D eigenvalue weighted by Gasteiger charge is -2.20. The maximum Gasteiger partial charge on any atom is 0.433 e. The van der Waals surface area contributed by atoms with E-state index in [9.17, 15) is 13.2 Å². The third-order valence-corrected chi connectivity index (χ3v) is 1.96. The number of halogens is 4. The van der Waals surface area contributed by atoms with E-state index in [1.165, 1.54) is 0 Å². The van der Waals surface area contributed by atoms with Crippen molar-refractivity contribution in [3.63, 3.8) is 0 Å². The lowest BCUT2D eigenvalue weighted by Crippen LogP contribution is -2.29. The zero-order valence-electron chi connectivity index (χ0n) is 9.06. The van der Waals surface area contributed by atoms with Crippen LogP contribution < -0.4 is 5.32 Å². The second kappa shape index (κ2) is 4.41. The molecule has 0 unspecified atom stereocenters. The Hall–Kier alpha value is -1.48. The highest BCUT2D eigenvalue weighted by Crippen LogP contribution is 2.30. The summed E-state index contributed by atoms with van der Waals surface area (Å²) in [6.45, 7) is 3.24. The van der Waals surface area contributed by atoms with Crippen molar-refractivity contribution in [3.8, 4) is 12.3 Å². The zero-order valence-corrected chi connectivity index (χ0v) is 9.82. The Morgan fingerprint density at radius 2 is 1.94 bits per heavy atom. The Kier molecular flexibility index (Phi) is 3.53. The molecule has 92 valence electrons. The molecular formula is C10H9ClF3N3. The Labute approximate surface area is 101 Å². The summed E-state index contributed by atoms with van der Waals surface area (Å²) in [5, 5.41) is 2.16. The van der Waals surface area contributed by atoms with Crippen LogP contribution in [0.15, 0.2) is 6.07 Å². The molecule has 0 fully saturated rings. The van der Waals surface area contributed by atoms with Crippen LogP contribution in [0.2, 0.25) is 5.28 Å². The van der Waals surface area contributed by atoms with Crippen molar-refractivity contribution in [2.24, 2.45) is 0 Å². The minimum absolute atomic E-state index is 0.0692. The SMILES string of the molecule is C#CC(C)(C)Nc1cc(C(F)(F)F)nc(Cl)n1. The first-order valence-corrected chi connectivity index (χ1v) is 4.89. The molecule has 0 atom stereocenters. The second-order valence-corrected chi connectivity index (χ2v) is 4.14. The van der Waals surface area contributed by atoms with Crippen LogP contribution in [-0.4, -0.2) is 15.5 Å². The van der Waals surface area contributed by atoms with E-state index in [4.69, 9.17) is 18.0 Å². The average Bonchev–Trinajstić information content (AvgIpc) is 2.14. The number of hydrogen-bond acceptors (Lipinski definition) is 3. The molecule has 1 rings (SSSR count). The predicted molar refractivity (Wildman–Crippen MR) is 58.6 cm³/mol. The van der Waals surface area contributed by atoms with E-state index in [0.717, 1.165) is 6.07 Å². The number of aromatic nitrogens is 2. The fourth-order valence-electron chi connectivity index (χ4n) is 0.983. The summed E-state index contributed by atoms with van der Waals surface area (Å²) in [5.74, 6) is 2.30. The zero-order chi connectivity index (χ0) is 13.3. The molecule has 0 radical (unpaired) electrons. The fraction of sp³-hybridized carbons (Fsp3) is 0.400. The molecule has 0 aliphatic carbocycles. The van der Waals surface area contributed by atoms with Crippen molar-refractivity contribution in [2.75, 3.05) is 5.32 Å². The lowest BCUT2D eigenvalue weighted by molar-refractivity contribution is -0.141. The van der Waals surface area contributed by atoms with Gasteiger partial charge in [0.25, 0.3) is 0 Å². The predicted octanol–water partition coefficient (Wildman–Crippen LogP) is 2.97. The Morgan fingerprint density at radius 3 is 2.41 bits per heavy atom. The highest BCUT2D eigenvalue weighted by Gasteiger charge is 2.34. The smallest absolute Gasteiger partial charge is 0.354 e. The van der Waals surface area contributed by atoms with E-state index in [1.807, 2.05) is 0 Å². The minimum atomic E-state index is -4.58. The van der Waals surface area contributed by atoms with Crippen LogP contribution >= 0.6 is 11.6 Å². The van der Waals surface area contributed by atoms with Crippen molar-refractivity contribution in [2.45, 2.75) is 25.6 Å². The number of terminal acetylenes is 1. The molecule has 7 heteroatoms. The summed E-state index contributed by atoms with van der Waals surface area (Å²) in [6, 6.07) is 0.755. The molecule has 17 heavy (non-hydrogen) atoms. The van der Waals surface area contributed by atoms with Gasteiger partial charge in [-0.15, -0.1) is 6.42 Å². The number of anilines is 1. The molecule has 0 saturated heterocycles. The van der Waals surface area contributed by atoms with Gasteiger partial charge in [-0.1, -0.05) is 5.92 Å². The van der Waals surface area contributed by atoms with E-state index in [1.54, 1.807) is 13.8 Å². The van der Waals surface area contributed by atoms with Crippen molar-refractivity contribution in [1.82, 2.24) is 9.97 Å². The first-order valence-electron chi connectivity index (χ1n) is 4.52. The molecule has 1 aromatic rings. The van der Waals surface area contributed by atoms with Gasteiger partial charge >= 0.3 is 6.18 Å². The van der Waals surface area contributed by atoms with Crippen LogP contribution in [0.4, 0.5) is 19.0 Å². The topological polar surface area (TPSA) is 37.8 Å². The van der Waals surface area contributed by atoms with Gasteiger partial charge in [-0.3, -0.25) is 0 Å². The number of nitrogens with zero attached hydrogens (tertiary/aromatic N) is 2. The van der Waals surface area contributed by atoms with Gasteiger partial charge < -0.3 is 5.32 Å². The molecule has 0 aromatic carbocycles. The van der Waals surface area contributed by atoms with Gasteiger partial charge in [-0.05, 0) is 25.4 Å². The fourth-order valence-corrected chi connectivity index (χ4v) is 1.17. The van der Waals surface area contributed by atoms with Crippen LogP contribution in [0.1, 0.15) is 19.5 Å². The number of hydrogen-bond donors (Lipinski definition) is 1. The molecule has 3 nitrogen and oxygen atoms in total. The molecule has 0 bridgehead atoms. The third-order valence-electron chi connectivity index (χ3n) is 1.79. The minimum Gasteiger partial charge on any atom is -0.354 e. The largest absolute Gasteiger partial charge is 0.433 e. The standard InChI is InChI=1S/C10H9ClF3N3/c1-4-9(2,3)17-7-5-6(10(12,13)14)15-8(11)16-7/h1,5H,2-3H3,(H,15,16,17). The summed E-state index contributed by atoms with van der Waals surface area (Å²) in [7, 11) is 0. The van der Waals surface area contributed by atoms with E-state index >= 15 is 0 Å². The maximum absolute atomic E-state index is 12.4. The monoisotopic (exact) mass is 263 g/mol. The van der Waals surface area contributed by atoms with Crippen molar-refractivity contribution < 1.29 is 13.2 Å². The molecule has 1 N–H and O–H groups in total. The van der Waals surface area contributed by atoms with Crippen LogP contribution in [0.25, 0.3) is 0 Å². The molecular weight excluding hydrogens is 255 g/mol. The molecule has 0 saturated carbocycles. The van der Waals surface area contributed by atoms with Crippen LogP contribution in [-0.2, 0) is 6.18 Å². The average molecular weight is 264 g/mol. The van der Waals surface area contributed by atoms with Gasteiger partial charge in [0.1, 0.15) is 5.82 Å². The first-order chi connectivity index (χ1) is 7.64. The Morgan fingerprint density at radius 1 is 1.35 bits per heavy atom. The molecule has 1 heterocycles. The highest BCUT2D eigenvalue weighted by atomic mass is 35.5. The molecule has 0 amide bonds. The van der Waals surface area contributed by atoms with Gasteiger partial charge in [0.05, 0.1) is 5.54 Å². The van der Waals surface area contributed by atoms with Crippen molar-refractivity contribution in [1.29, 1.82) is 0 Å². The van der Waals surface area contributed by atoms with Gasteiger partial charge in [-0.2, -0.15) is 13.2 Å². The lowest BCUT2D eigenvalue weighted by atomic mass is 10.1. The van der Waals surface area contributed by atoms with E-state index in [0.29, 0.717) is 0 Å². The Balaban J connectivity index is 3.12. The van der Waals surface area contributed by atoms with Crippen molar-refractivity contribution >= 4 is 17.4 Å². The van der Waals surface area contributed by atoms with E-state index in [2.05, 4.69) is 21.2 Å². The third kappa shape index (κ3) is 3.79. The van der Waals surface area contributed by atoms with Crippen molar-refractivity contribution in [3.05, 3.63) is 17.0 Å². The summed E-state index contributed by atoms with van der Waals surface area (Å²) in [5.41, 5.74) is -1.95. The summed E-state index contributed by atoms with van der Waals surface area (Å²) >= 11 is 5.41. The van der Waals surface area contributed by atoms with Gasteiger partial charge in [0, 0.05) is 6.07 Å². The van der Waals surface area contributed by atoms with Crippen LogP contribution in [0.3, 0.4) is 0 Å². The van der Waals surface area contributed by atoms with Crippen LogP contribution in [0.5, 0.6) is 0 Å². The van der Waals surface area contributed by atoms with E-state index in [-0.39, 0.29) is 5.82 Å². The molecule has 0 aliphatic heterocycles. The number of alkyl halides is 3. The first kappa shape index (κ1) is 13.6. The maximum atomic E-state index is 12.4. The second-order valence-electron chi connectivity index (χ2n) is 3.80.